The quantitative estimate of drug-likeness (QED) is 0.194. The zero-order chi connectivity index (χ0) is 31.1. The van der Waals surface area contributed by atoms with Gasteiger partial charge in [0.25, 0.3) is 0 Å². The van der Waals surface area contributed by atoms with E-state index in [0.717, 1.165) is 36.0 Å². The summed E-state index contributed by atoms with van der Waals surface area (Å²) in [7, 11) is 0. The third kappa shape index (κ3) is 3.78. The summed E-state index contributed by atoms with van der Waals surface area (Å²) in [5, 5.41) is 18.2. The van der Waals surface area contributed by atoms with Gasteiger partial charge in [-0.3, -0.25) is 0 Å². The number of rotatable bonds is 3. The Kier molecular flexibility index (Phi) is 5.76. The Balaban J connectivity index is 1.28. The maximum atomic E-state index is 10.5. The highest BCUT2D eigenvalue weighted by Crippen LogP contribution is 2.47. The Morgan fingerprint density at radius 2 is 1.47 bits per heavy atom. The van der Waals surface area contributed by atoms with Crippen molar-refractivity contribution in [2.75, 3.05) is 0 Å². The number of benzene rings is 5. The molecule has 0 radical (unpaired) electrons. The molecule has 1 unspecified atom stereocenters. The summed E-state index contributed by atoms with van der Waals surface area (Å²) in [5.41, 5.74) is 9.15. The van der Waals surface area contributed by atoms with Crippen LogP contribution < -0.4 is 0 Å². The van der Waals surface area contributed by atoms with Crippen LogP contribution in [0.5, 0.6) is 0 Å². The number of hydrogen-bond donors (Lipinski definition) is 0. The minimum absolute atomic E-state index is 0.0102. The molecule has 10 rings (SSSR count). The Morgan fingerprint density at radius 1 is 0.702 bits per heavy atom. The maximum absolute atomic E-state index is 10.5. The van der Waals surface area contributed by atoms with Crippen molar-refractivity contribution in [1.82, 2.24) is 9.13 Å². The topological polar surface area (TPSA) is 33.6 Å². The Morgan fingerprint density at radius 3 is 2.23 bits per heavy atom. The molecular weight excluding hydrogens is 591 g/mol. The average Bonchev–Trinajstić information content (AvgIpc) is 3.79. The van der Waals surface area contributed by atoms with E-state index in [2.05, 4.69) is 143 Å². The summed E-state index contributed by atoms with van der Waals surface area (Å²) in [4.78, 5) is 0. The van der Waals surface area contributed by atoms with Crippen LogP contribution in [0.25, 0.3) is 75.1 Å². The van der Waals surface area contributed by atoms with Gasteiger partial charge in [0.15, 0.2) is 0 Å². The summed E-state index contributed by atoms with van der Waals surface area (Å²) in [6, 6.07) is 40.3. The van der Waals surface area contributed by atoms with Gasteiger partial charge in [0.2, 0.25) is 0 Å². The lowest BCUT2D eigenvalue weighted by atomic mass is 9.87. The molecule has 47 heavy (non-hydrogen) atoms. The molecule has 4 heteroatoms. The van der Waals surface area contributed by atoms with Gasteiger partial charge in [-0.25, -0.2) is 0 Å². The highest BCUT2D eigenvalue weighted by molar-refractivity contribution is 7.26. The number of para-hydroxylation sites is 2. The molecule has 0 saturated heterocycles. The van der Waals surface area contributed by atoms with Crippen LogP contribution in [0.3, 0.4) is 0 Å². The molecule has 0 spiro atoms. The minimum Gasteiger partial charge on any atom is -0.332 e. The second-order valence-corrected chi connectivity index (χ2v) is 13.7. The Hall–Kier alpha value is -5.63. The fourth-order valence-electron chi connectivity index (χ4n) is 8.23. The van der Waals surface area contributed by atoms with Gasteiger partial charge in [-0.05, 0) is 73.4 Å². The second kappa shape index (κ2) is 10.2. The number of aromatic nitrogens is 2. The summed E-state index contributed by atoms with van der Waals surface area (Å²) < 4.78 is 7.61. The number of thiophene rings is 1. The van der Waals surface area contributed by atoms with E-state index < -0.39 is 0 Å². The van der Waals surface area contributed by atoms with Crippen molar-refractivity contribution >= 4 is 86.4 Å². The smallest absolute Gasteiger partial charge is 0.0995 e. The van der Waals surface area contributed by atoms with Gasteiger partial charge in [-0.15, -0.1) is 11.3 Å². The van der Waals surface area contributed by atoms with Crippen LogP contribution in [-0.4, -0.2) is 9.13 Å². The lowest BCUT2D eigenvalue weighted by Crippen LogP contribution is -2.14. The number of nitrogens with zero attached hydrogens (tertiary/aromatic N) is 3. The molecule has 0 amide bonds. The van der Waals surface area contributed by atoms with Crippen molar-refractivity contribution in [1.29, 1.82) is 5.26 Å². The van der Waals surface area contributed by atoms with E-state index in [1.54, 1.807) is 0 Å². The third-order valence-corrected chi connectivity index (χ3v) is 11.3. The average molecular weight is 620 g/mol. The summed E-state index contributed by atoms with van der Waals surface area (Å²) in [5.74, 6) is 0. The Labute approximate surface area is 275 Å². The molecule has 0 bridgehead atoms. The van der Waals surface area contributed by atoms with Gasteiger partial charge in [-0.1, -0.05) is 85.0 Å². The highest BCUT2D eigenvalue weighted by Gasteiger charge is 2.28. The fraction of sp³-hybridized carbons (Fsp3) is 0.0930. The molecule has 8 aromatic rings. The minimum atomic E-state index is -0.0102. The predicted molar refractivity (Wildman–Crippen MR) is 200 cm³/mol. The van der Waals surface area contributed by atoms with Crippen LogP contribution in [0.4, 0.5) is 0 Å². The second-order valence-electron chi connectivity index (χ2n) is 12.6. The number of nitriles is 1. The Bertz CT molecular complexity index is 2730. The van der Waals surface area contributed by atoms with Gasteiger partial charge in [0.1, 0.15) is 0 Å². The fourth-order valence-corrected chi connectivity index (χ4v) is 9.34. The lowest BCUT2D eigenvalue weighted by Gasteiger charge is -2.27. The SMILES string of the molecule is N#CC1=C(c2ccc3c(c2)c2ccc4sc5ccccc5c4c2n3C2=CC=CCC2)C(n2c3ccccc3c3ccccc32)CC=C1. The first-order valence-electron chi connectivity index (χ1n) is 16.3. The van der Waals surface area contributed by atoms with Gasteiger partial charge in [0, 0.05) is 64.0 Å². The highest BCUT2D eigenvalue weighted by atomic mass is 32.1. The van der Waals surface area contributed by atoms with Gasteiger partial charge < -0.3 is 9.13 Å². The number of allylic oxidation sites excluding steroid dienone is 8. The summed E-state index contributed by atoms with van der Waals surface area (Å²) >= 11 is 1.87. The molecule has 3 aromatic heterocycles. The molecular formula is C43H29N3S. The summed E-state index contributed by atoms with van der Waals surface area (Å²) in [6.07, 6.45) is 13.8. The molecule has 222 valence electrons. The largest absolute Gasteiger partial charge is 0.332 e. The summed E-state index contributed by atoms with van der Waals surface area (Å²) in [6.45, 7) is 0. The van der Waals surface area contributed by atoms with Crippen LogP contribution in [0.1, 0.15) is 30.9 Å². The molecule has 0 fully saturated rings. The van der Waals surface area contributed by atoms with Crippen molar-refractivity contribution in [2.45, 2.75) is 25.3 Å². The first-order valence-corrected chi connectivity index (χ1v) is 17.1. The van der Waals surface area contributed by atoms with Gasteiger partial charge in [-0.2, -0.15) is 5.26 Å². The third-order valence-electron chi connectivity index (χ3n) is 10.2. The molecule has 5 aromatic carbocycles. The molecule has 0 saturated carbocycles. The number of hydrogen-bond acceptors (Lipinski definition) is 2. The van der Waals surface area contributed by atoms with E-state index >= 15 is 0 Å². The van der Waals surface area contributed by atoms with Crippen molar-refractivity contribution in [2.24, 2.45) is 0 Å². The van der Waals surface area contributed by atoms with E-state index in [9.17, 15) is 5.26 Å². The standard InChI is InChI=1S/C43H29N3S/c44-26-28-11-10-19-38(46-35-17-7-4-14-30(35)31-15-5-8-18-36(31)46)41(28)27-21-23-37-34(25-27)32-22-24-40-42(33-16-6-9-20-39(33)47-40)43(32)45(37)29-12-2-1-3-13-29/h1-2,4-12,14-18,20-25,38H,3,13,19H2. The first-order chi connectivity index (χ1) is 23.3. The zero-order valence-electron chi connectivity index (χ0n) is 25.7. The molecule has 0 aliphatic heterocycles. The molecule has 0 N–H and O–H groups in total. The van der Waals surface area contributed by atoms with Crippen molar-refractivity contribution in [3.63, 3.8) is 0 Å². The first kappa shape index (κ1) is 26.6. The lowest BCUT2D eigenvalue weighted by molar-refractivity contribution is 0.663. The van der Waals surface area contributed by atoms with Crippen LogP contribution in [-0.2, 0) is 0 Å². The normalized spacial score (nSPS) is 16.7. The molecule has 3 heterocycles. The molecule has 3 nitrogen and oxygen atoms in total. The molecule has 2 aliphatic rings. The molecule has 2 aliphatic carbocycles. The van der Waals surface area contributed by atoms with Crippen LogP contribution >= 0.6 is 11.3 Å². The van der Waals surface area contributed by atoms with Crippen molar-refractivity contribution in [3.8, 4) is 6.07 Å². The van der Waals surface area contributed by atoms with Crippen LogP contribution in [0.15, 0.2) is 139 Å². The number of fused-ring (bicyclic) bond motifs is 10. The van der Waals surface area contributed by atoms with E-state index in [4.69, 9.17) is 0 Å². The monoisotopic (exact) mass is 619 g/mol. The van der Waals surface area contributed by atoms with E-state index in [-0.39, 0.29) is 6.04 Å². The van der Waals surface area contributed by atoms with Gasteiger partial charge >= 0.3 is 0 Å². The van der Waals surface area contributed by atoms with E-state index in [0.29, 0.717) is 0 Å². The van der Waals surface area contributed by atoms with E-state index in [1.165, 1.54) is 69.5 Å². The zero-order valence-corrected chi connectivity index (χ0v) is 26.5. The molecule has 1 atom stereocenters. The van der Waals surface area contributed by atoms with Crippen LogP contribution in [0.2, 0.25) is 0 Å². The van der Waals surface area contributed by atoms with Crippen molar-refractivity contribution < 1.29 is 0 Å². The van der Waals surface area contributed by atoms with Crippen molar-refractivity contribution in [3.05, 3.63) is 145 Å². The maximum Gasteiger partial charge on any atom is 0.0995 e. The predicted octanol–water partition coefficient (Wildman–Crippen LogP) is 11.9. The van der Waals surface area contributed by atoms with Gasteiger partial charge in [0.05, 0.1) is 28.7 Å². The van der Waals surface area contributed by atoms with E-state index in [1.807, 2.05) is 17.4 Å². The van der Waals surface area contributed by atoms with Crippen LogP contribution in [0, 0.1) is 11.3 Å².